The minimum Gasteiger partial charge on any atom is -0.383 e. The predicted molar refractivity (Wildman–Crippen MR) is 87.7 cm³/mol. The second kappa shape index (κ2) is 8.67. The van der Waals surface area contributed by atoms with Gasteiger partial charge in [0.1, 0.15) is 0 Å². The molecule has 2 heterocycles. The molecule has 0 bridgehead atoms. The Morgan fingerprint density at radius 2 is 1.93 bits per heavy atom. The zero-order valence-electron chi connectivity index (χ0n) is 14.9. The van der Waals surface area contributed by atoms with Crippen LogP contribution in [0.15, 0.2) is 28.8 Å². The van der Waals surface area contributed by atoms with Crippen LogP contribution < -0.4 is 0 Å². The van der Waals surface area contributed by atoms with Crippen molar-refractivity contribution in [2.45, 2.75) is 19.0 Å². The second-order valence-corrected chi connectivity index (χ2v) is 5.94. The van der Waals surface area contributed by atoms with Gasteiger partial charge >= 0.3 is 12.1 Å². The molecule has 8 nitrogen and oxygen atoms in total. The number of amides is 1. The number of rotatable bonds is 7. The molecule has 0 N–H and O–H groups in total. The van der Waals surface area contributed by atoms with Crippen molar-refractivity contribution in [1.82, 2.24) is 15.0 Å². The first kappa shape index (κ1) is 20.2. The van der Waals surface area contributed by atoms with Gasteiger partial charge in [0.25, 0.3) is 5.91 Å². The highest BCUT2D eigenvalue weighted by atomic mass is 19.4. The van der Waals surface area contributed by atoms with Crippen molar-refractivity contribution < 1.29 is 36.7 Å². The lowest BCUT2D eigenvalue weighted by atomic mass is 10.1. The van der Waals surface area contributed by atoms with Gasteiger partial charge in [-0.1, -0.05) is 29.4 Å². The summed E-state index contributed by atoms with van der Waals surface area (Å²) in [5.74, 6) is -1.88. The molecule has 11 heteroatoms. The molecule has 1 saturated heterocycles. The van der Waals surface area contributed by atoms with E-state index in [1.54, 1.807) is 24.3 Å². The molecule has 1 fully saturated rings. The van der Waals surface area contributed by atoms with Crippen molar-refractivity contribution in [1.29, 1.82) is 0 Å². The zero-order valence-corrected chi connectivity index (χ0v) is 14.9. The van der Waals surface area contributed by atoms with Gasteiger partial charge in [-0.05, 0) is 5.56 Å². The van der Waals surface area contributed by atoms with Crippen LogP contribution in [0.5, 0.6) is 0 Å². The van der Waals surface area contributed by atoms with E-state index in [1.807, 2.05) is 0 Å². The standard InChI is InChI=1S/C17H18F3N3O5/c1-25-7-6-23(14(24)15-26-8-9-27-15)10-11-2-4-12(5-3-11)13-21-16(28-22-13)17(18,19)20/h2-5,15H,6-10H2,1H3. The molecule has 152 valence electrons. The lowest BCUT2D eigenvalue weighted by molar-refractivity contribution is -0.160. The van der Waals surface area contributed by atoms with Crippen molar-refractivity contribution in [2.75, 3.05) is 33.5 Å². The topological polar surface area (TPSA) is 86.9 Å². The van der Waals surface area contributed by atoms with Crippen LogP contribution >= 0.6 is 0 Å². The Morgan fingerprint density at radius 3 is 2.50 bits per heavy atom. The average Bonchev–Trinajstić information content (AvgIpc) is 3.36. The highest BCUT2D eigenvalue weighted by Gasteiger charge is 2.38. The number of nitrogens with zero attached hydrogens (tertiary/aromatic N) is 3. The summed E-state index contributed by atoms with van der Waals surface area (Å²) in [7, 11) is 1.53. The Balaban J connectivity index is 1.70. The Kier molecular flexibility index (Phi) is 6.27. The van der Waals surface area contributed by atoms with E-state index in [4.69, 9.17) is 14.2 Å². The molecule has 1 aromatic heterocycles. The third-order valence-corrected chi connectivity index (χ3v) is 3.95. The van der Waals surface area contributed by atoms with Crippen LogP contribution in [0.1, 0.15) is 11.5 Å². The number of halogens is 3. The maximum absolute atomic E-state index is 12.6. The van der Waals surface area contributed by atoms with Crippen LogP contribution in [0.4, 0.5) is 13.2 Å². The molecule has 1 aliphatic rings. The van der Waals surface area contributed by atoms with E-state index < -0.39 is 18.4 Å². The molecular formula is C17H18F3N3O5. The quantitative estimate of drug-likeness (QED) is 0.702. The second-order valence-electron chi connectivity index (χ2n) is 5.94. The number of hydrogen-bond acceptors (Lipinski definition) is 7. The summed E-state index contributed by atoms with van der Waals surface area (Å²) in [5, 5.41) is 3.34. The van der Waals surface area contributed by atoms with Gasteiger partial charge in [0.05, 0.1) is 19.8 Å². The van der Waals surface area contributed by atoms with Gasteiger partial charge in [0.15, 0.2) is 0 Å². The summed E-state index contributed by atoms with van der Waals surface area (Å²) in [6.45, 7) is 1.63. The summed E-state index contributed by atoms with van der Waals surface area (Å²) < 4.78 is 57.5. The maximum atomic E-state index is 12.6. The number of alkyl halides is 3. The van der Waals surface area contributed by atoms with Crippen molar-refractivity contribution in [3.05, 3.63) is 35.7 Å². The summed E-state index contributed by atoms with van der Waals surface area (Å²) >= 11 is 0. The van der Waals surface area contributed by atoms with E-state index >= 15 is 0 Å². The smallest absolute Gasteiger partial charge is 0.383 e. The normalized spacial score (nSPS) is 15.1. The van der Waals surface area contributed by atoms with Crippen molar-refractivity contribution in [3.8, 4) is 11.4 Å². The Hall–Kier alpha value is -2.50. The van der Waals surface area contributed by atoms with Crippen molar-refractivity contribution in [3.63, 3.8) is 0 Å². The molecule has 1 aromatic carbocycles. The molecule has 0 atom stereocenters. The molecule has 0 radical (unpaired) electrons. The fourth-order valence-electron chi connectivity index (χ4n) is 2.55. The molecule has 0 aliphatic carbocycles. The summed E-state index contributed by atoms with van der Waals surface area (Å²) in [5.41, 5.74) is 1.12. The number of methoxy groups -OCH3 is 1. The van der Waals surface area contributed by atoms with Gasteiger partial charge in [-0.3, -0.25) is 4.79 Å². The monoisotopic (exact) mass is 401 g/mol. The van der Waals surface area contributed by atoms with E-state index in [-0.39, 0.29) is 18.3 Å². The maximum Gasteiger partial charge on any atom is 0.471 e. The molecule has 28 heavy (non-hydrogen) atoms. The largest absolute Gasteiger partial charge is 0.471 e. The summed E-state index contributed by atoms with van der Waals surface area (Å²) in [4.78, 5) is 17.4. The molecule has 1 amide bonds. The third-order valence-electron chi connectivity index (χ3n) is 3.95. The number of carbonyl (C=O) groups is 1. The highest BCUT2D eigenvalue weighted by Crippen LogP contribution is 2.29. The predicted octanol–water partition coefficient (Wildman–Crippen LogP) is 2.10. The van der Waals surface area contributed by atoms with Gasteiger partial charge < -0.3 is 23.6 Å². The first-order chi connectivity index (χ1) is 13.4. The Morgan fingerprint density at radius 1 is 1.25 bits per heavy atom. The van der Waals surface area contributed by atoms with Gasteiger partial charge in [-0.2, -0.15) is 18.2 Å². The Labute approximate surface area is 158 Å². The number of carbonyl (C=O) groups excluding carboxylic acids is 1. The van der Waals surface area contributed by atoms with Crippen LogP contribution in [-0.4, -0.2) is 60.7 Å². The first-order valence-corrected chi connectivity index (χ1v) is 8.39. The van der Waals surface area contributed by atoms with Gasteiger partial charge in [-0.15, -0.1) is 0 Å². The zero-order chi connectivity index (χ0) is 20.1. The SMILES string of the molecule is COCCN(Cc1ccc(-c2noc(C(F)(F)F)n2)cc1)C(=O)C1OCCO1. The van der Waals surface area contributed by atoms with Crippen molar-refractivity contribution in [2.24, 2.45) is 0 Å². The van der Waals surface area contributed by atoms with Gasteiger partial charge in [-0.25, -0.2) is 0 Å². The van der Waals surface area contributed by atoms with Gasteiger partial charge in [0, 0.05) is 25.8 Å². The number of benzene rings is 1. The molecule has 0 saturated carbocycles. The minimum atomic E-state index is -4.70. The van der Waals surface area contributed by atoms with Crippen LogP contribution in [0, 0.1) is 0 Å². The molecule has 3 rings (SSSR count). The lowest BCUT2D eigenvalue weighted by Crippen LogP contribution is -2.41. The third kappa shape index (κ3) is 4.86. The Bertz CT molecular complexity index is 788. The lowest BCUT2D eigenvalue weighted by Gasteiger charge is -2.24. The summed E-state index contributed by atoms with van der Waals surface area (Å²) in [6.07, 6.45) is -5.63. The average molecular weight is 401 g/mol. The molecular weight excluding hydrogens is 383 g/mol. The van der Waals surface area contributed by atoms with E-state index in [0.29, 0.717) is 31.9 Å². The molecule has 0 spiro atoms. The first-order valence-electron chi connectivity index (χ1n) is 8.39. The van der Waals surface area contributed by atoms with Gasteiger partial charge in [0.2, 0.25) is 12.1 Å². The fourth-order valence-corrected chi connectivity index (χ4v) is 2.55. The van der Waals surface area contributed by atoms with E-state index in [1.165, 1.54) is 12.0 Å². The number of aromatic nitrogens is 2. The highest BCUT2D eigenvalue weighted by molar-refractivity contribution is 5.79. The molecule has 0 unspecified atom stereocenters. The number of ether oxygens (including phenoxy) is 3. The van der Waals surface area contributed by atoms with E-state index in [0.717, 1.165) is 5.56 Å². The van der Waals surface area contributed by atoms with E-state index in [2.05, 4.69) is 14.7 Å². The number of hydrogen-bond donors (Lipinski definition) is 0. The van der Waals surface area contributed by atoms with E-state index in [9.17, 15) is 18.0 Å². The minimum absolute atomic E-state index is 0.168. The fraction of sp³-hybridized carbons (Fsp3) is 0.471. The van der Waals surface area contributed by atoms with Crippen LogP contribution in [-0.2, 0) is 31.7 Å². The molecule has 1 aliphatic heterocycles. The van der Waals surface area contributed by atoms with Crippen molar-refractivity contribution >= 4 is 5.91 Å². The molecule has 2 aromatic rings. The van der Waals surface area contributed by atoms with Crippen LogP contribution in [0.25, 0.3) is 11.4 Å². The van der Waals surface area contributed by atoms with Crippen LogP contribution in [0.2, 0.25) is 0 Å². The van der Waals surface area contributed by atoms with Crippen LogP contribution in [0.3, 0.4) is 0 Å². The summed E-state index contributed by atoms with van der Waals surface area (Å²) in [6, 6.07) is 6.45.